The first kappa shape index (κ1) is 22.9. The molecular weight excluding hydrogens is 446 g/mol. The van der Waals surface area contributed by atoms with Gasteiger partial charge in [0.2, 0.25) is 0 Å². The number of methoxy groups -OCH3 is 1. The monoisotopic (exact) mass is 472 g/mol. The Labute approximate surface area is 194 Å². The van der Waals surface area contributed by atoms with Gasteiger partial charge in [-0.1, -0.05) is 13.8 Å². The molecule has 0 radical (unpaired) electrons. The van der Waals surface area contributed by atoms with Crippen LogP contribution in [0, 0.1) is 11.6 Å². The highest BCUT2D eigenvalue weighted by Gasteiger charge is 2.39. The Morgan fingerprint density at radius 1 is 1.26 bits per heavy atom. The van der Waals surface area contributed by atoms with Crippen LogP contribution >= 0.6 is 0 Å². The van der Waals surface area contributed by atoms with E-state index in [9.17, 15) is 19.0 Å². The summed E-state index contributed by atoms with van der Waals surface area (Å²) in [6.07, 6.45) is -0.318. The van der Waals surface area contributed by atoms with Crippen molar-refractivity contribution < 1.29 is 28.5 Å². The maximum atomic E-state index is 14.4. The zero-order valence-corrected chi connectivity index (χ0v) is 19.0. The number of hydrogen-bond acceptors (Lipinski definition) is 6. The number of aliphatic hydroxyl groups is 2. The molecule has 1 saturated heterocycles. The molecule has 0 aliphatic carbocycles. The Kier molecular flexibility index (Phi) is 5.64. The van der Waals surface area contributed by atoms with E-state index in [0.29, 0.717) is 35.4 Å². The highest BCUT2D eigenvalue weighted by molar-refractivity contribution is 5.94. The van der Waals surface area contributed by atoms with Crippen LogP contribution in [0.5, 0.6) is 0 Å². The average molecular weight is 472 g/mol. The number of aliphatic hydroxyl groups excluding tert-OH is 1. The number of aromatic nitrogens is 4. The number of hydrogen-bond donors (Lipinski definition) is 3. The van der Waals surface area contributed by atoms with Crippen LogP contribution in [0.3, 0.4) is 0 Å². The Bertz CT molecular complexity index is 1360. The number of aromatic amines is 1. The Morgan fingerprint density at radius 3 is 2.74 bits per heavy atom. The topological polar surface area (TPSA) is 105 Å². The summed E-state index contributed by atoms with van der Waals surface area (Å²) in [6, 6.07) is 5.70. The van der Waals surface area contributed by atoms with E-state index in [1.54, 1.807) is 13.3 Å². The van der Waals surface area contributed by atoms with Crippen LogP contribution in [0.4, 0.5) is 8.78 Å². The minimum absolute atomic E-state index is 0.208. The van der Waals surface area contributed by atoms with Crippen LogP contribution in [-0.2, 0) is 14.9 Å². The smallest absolute Gasteiger partial charge is 0.178 e. The molecule has 4 heterocycles. The van der Waals surface area contributed by atoms with Crippen molar-refractivity contribution >= 4 is 22.1 Å². The molecular formula is C24H26F2N4O4. The molecule has 1 aromatic carbocycles. The van der Waals surface area contributed by atoms with Crippen LogP contribution < -0.4 is 0 Å². The number of fused-ring (bicyclic) bond motifs is 2. The predicted octanol–water partition coefficient (Wildman–Crippen LogP) is 3.29. The fraction of sp³-hybridized carbons (Fsp3) is 0.417. The molecule has 8 nitrogen and oxygen atoms in total. The summed E-state index contributed by atoms with van der Waals surface area (Å²) in [4.78, 5) is 4.84. The number of rotatable bonds is 6. The third-order valence-corrected chi connectivity index (χ3v) is 6.46. The van der Waals surface area contributed by atoms with Gasteiger partial charge in [0.15, 0.2) is 23.6 Å². The van der Waals surface area contributed by atoms with Crippen LogP contribution in [-0.4, -0.2) is 62.7 Å². The van der Waals surface area contributed by atoms with E-state index in [4.69, 9.17) is 14.5 Å². The summed E-state index contributed by atoms with van der Waals surface area (Å²) in [7, 11) is 1.61. The van der Waals surface area contributed by atoms with E-state index in [1.807, 2.05) is 24.5 Å². The van der Waals surface area contributed by atoms with Crippen molar-refractivity contribution in [2.45, 2.75) is 44.0 Å². The van der Waals surface area contributed by atoms with Crippen LogP contribution in [0.25, 0.3) is 27.8 Å². The standard InChI is InChI=1S/C24H26F2N4O4/c1-24(2,11-33-3)21-19(13-7-18(23(31)32)34-10-13)20-17(6-12-9-27-29-22(12)28-20)30(21)14-4-5-15(25)16(26)8-14/h4-6,8-9,13,18,23,31-32H,7,10-11H2,1-3H3,(H,27,28,29). The summed E-state index contributed by atoms with van der Waals surface area (Å²) >= 11 is 0. The van der Waals surface area contributed by atoms with Gasteiger partial charge in [-0.15, -0.1) is 0 Å². The first-order valence-corrected chi connectivity index (χ1v) is 11.0. The van der Waals surface area contributed by atoms with E-state index in [-0.39, 0.29) is 12.5 Å². The third kappa shape index (κ3) is 3.67. The maximum absolute atomic E-state index is 14.4. The van der Waals surface area contributed by atoms with Crippen molar-refractivity contribution in [3.63, 3.8) is 0 Å². The molecule has 3 aromatic heterocycles. The molecule has 1 aliphatic rings. The minimum Gasteiger partial charge on any atom is -0.384 e. The Balaban J connectivity index is 1.87. The second-order valence-electron chi connectivity index (χ2n) is 9.39. The Hall–Kier alpha value is -2.92. The average Bonchev–Trinajstić information content (AvgIpc) is 3.50. The molecule has 2 atom stereocenters. The zero-order chi connectivity index (χ0) is 24.2. The quantitative estimate of drug-likeness (QED) is 0.372. The summed E-state index contributed by atoms with van der Waals surface area (Å²) in [6.45, 7) is 4.62. The molecule has 1 fully saturated rings. The molecule has 34 heavy (non-hydrogen) atoms. The fourth-order valence-corrected chi connectivity index (χ4v) is 5.03. The summed E-state index contributed by atoms with van der Waals surface area (Å²) < 4.78 is 41.3. The zero-order valence-electron chi connectivity index (χ0n) is 19.0. The van der Waals surface area contributed by atoms with Gasteiger partial charge in [0.1, 0.15) is 6.10 Å². The van der Waals surface area contributed by atoms with Crippen molar-refractivity contribution in [2.75, 3.05) is 20.3 Å². The lowest BCUT2D eigenvalue weighted by atomic mass is 9.82. The number of halogens is 2. The van der Waals surface area contributed by atoms with Crippen molar-refractivity contribution in [1.82, 2.24) is 19.7 Å². The molecule has 0 amide bonds. The molecule has 0 spiro atoms. The fourth-order valence-electron chi connectivity index (χ4n) is 5.03. The van der Waals surface area contributed by atoms with Gasteiger partial charge in [-0.2, -0.15) is 5.10 Å². The highest BCUT2D eigenvalue weighted by atomic mass is 19.2. The molecule has 1 aliphatic heterocycles. The SMILES string of the molecule is COCC(C)(C)c1c(C2COC(C(O)O)C2)c2nc3[nH]ncc3cc2n1-c1ccc(F)c(F)c1. The number of H-pyrrole nitrogens is 1. The van der Waals surface area contributed by atoms with Gasteiger partial charge in [-0.05, 0) is 24.6 Å². The summed E-state index contributed by atoms with van der Waals surface area (Å²) in [5.74, 6) is -2.10. The predicted molar refractivity (Wildman–Crippen MR) is 121 cm³/mol. The number of nitrogens with one attached hydrogen (secondary N) is 1. The van der Waals surface area contributed by atoms with Crippen molar-refractivity contribution in [1.29, 1.82) is 0 Å². The lowest BCUT2D eigenvalue weighted by Gasteiger charge is -2.29. The van der Waals surface area contributed by atoms with Crippen molar-refractivity contribution in [2.24, 2.45) is 0 Å². The van der Waals surface area contributed by atoms with Gasteiger partial charge in [0, 0.05) is 46.8 Å². The first-order chi connectivity index (χ1) is 16.2. The van der Waals surface area contributed by atoms with Gasteiger partial charge >= 0.3 is 0 Å². The van der Waals surface area contributed by atoms with Crippen molar-refractivity contribution in [3.05, 3.63) is 53.4 Å². The lowest BCUT2D eigenvalue weighted by molar-refractivity contribution is -0.127. The van der Waals surface area contributed by atoms with Gasteiger partial charge in [-0.3, -0.25) is 5.10 Å². The number of nitrogens with zero attached hydrogens (tertiary/aromatic N) is 3. The van der Waals surface area contributed by atoms with Crippen molar-refractivity contribution in [3.8, 4) is 5.69 Å². The van der Waals surface area contributed by atoms with E-state index >= 15 is 0 Å². The first-order valence-electron chi connectivity index (χ1n) is 11.0. The number of pyridine rings is 1. The largest absolute Gasteiger partial charge is 0.384 e. The molecule has 0 saturated carbocycles. The molecule has 2 unspecified atom stereocenters. The molecule has 10 heteroatoms. The second kappa shape index (κ2) is 8.38. The van der Waals surface area contributed by atoms with Crippen LogP contribution in [0.15, 0.2) is 30.5 Å². The third-order valence-electron chi connectivity index (χ3n) is 6.46. The van der Waals surface area contributed by atoms with Crippen LogP contribution in [0.2, 0.25) is 0 Å². The maximum Gasteiger partial charge on any atom is 0.178 e. The van der Waals surface area contributed by atoms with Gasteiger partial charge in [0.05, 0.1) is 30.4 Å². The lowest BCUT2D eigenvalue weighted by Crippen LogP contribution is -2.29. The summed E-state index contributed by atoms with van der Waals surface area (Å²) in [5.41, 5.74) is 3.47. The second-order valence-corrected chi connectivity index (χ2v) is 9.39. The van der Waals surface area contributed by atoms with E-state index in [0.717, 1.165) is 28.8 Å². The Morgan fingerprint density at radius 2 is 2.06 bits per heavy atom. The summed E-state index contributed by atoms with van der Waals surface area (Å²) in [5, 5.41) is 27.1. The molecule has 5 rings (SSSR count). The molecule has 4 aromatic rings. The van der Waals surface area contributed by atoms with Gasteiger partial charge < -0.3 is 24.3 Å². The van der Waals surface area contributed by atoms with Gasteiger partial charge in [0.25, 0.3) is 0 Å². The highest BCUT2D eigenvalue weighted by Crippen LogP contribution is 2.44. The molecule has 180 valence electrons. The normalized spacial score (nSPS) is 19.2. The molecule has 3 N–H and O–H groups in total. The number of benzene rings is 1. The van der Waals surface area contributed by atoms with Gasteiger partial charge in [-0.25, -0.2) is 13.8 Å². The molecule has 0 bridgehead atoms. The van der Waals surface area contributed by atoms with Crippen LogP contribution in [0.1, 0.15) is 37.4 Å². The van der Waals surface area contributed by atoms with E-state index in [2.05, 4.69) is 10.2 Å². The van der Waals surface area contributed by atoms with E-state index in [1.165, 1.54) is 6.07 Å². The number of ether oxygens (including phenoxy) is 2. The minimum atomic E-state index is -1.60. The van der Waals surface area contributed by atoms with E-state index < -0.39 is 29.4 Å².